The fourth-order valence-corrected chi connectivity index (χ4v) is 2.29. The van der Waals surface area contributed by atoms with Gasteiger partial charge in [0, 0.05) is 6.04 Å². The van der Waals surface area contributed by atoms with Crippen LogP contribution in [0.2, 0.25) is 0 Å². The number of fused-ring (bicyclic) bond motifs is 1. The van der Waals surface area contributed by atoms with Gasteiger partial charge in [-0.15, -0.1) is 0 Å². The molecule has 3 nitrogen and oxygen atoms in total. The van der Waals surface area contributed by atoms with Crippen molar-refractivity contribution < 1.29 is 14.0 Å². The van der Waals surface area contributed by atoms with E-state index in [-0.39, 0.29) is 23.7 Å². The maximum absolute atomic E-state index is 11.9. The minimum absolute atomic E-state index is 0.117. The Kier molecular flexibility index (Phi) is 3.52. The highest BCUT2D eigenvalue weighted by Gasteiger charge is 2.43. The number of imide groups is 1. The number of carbonyl (C=O) groups is 2. The standard InChI is InChI=1S/C11H9NO2.C6H5F/c13-10-8-3-1-2-4-9(8)11(14)12(10)7-5-6-7;7-6-4-2-1-3-5-6/h1-4,7H,5-6H2;1-5H. The molecule has 1 aliphatic heterocycles. The summed E-state index contributed by atoms with van der Waals surface area (Å²) in [6, 6.07) is 15.1. The van der Waals surface area contributed by atoms with Gasteiger partial charge in [0.25, 0.3) is 11.8 Å². The summed E-state index contributed by atoms with van der Waals surface area (Å²) in [4.78, 5) is 25.0. The van der Waals surface area contributed by atoms with Crippen molar-refractivity contribution in [1.82, 2.24) is 4.90 Å². The molecule has 4 rings (SSSR count). The second-order valence-electron chi connectivity index (χ2n) is 5.05. The summed E-state index contributed by atoms with van der Waals surface area (Å²) in [7, 11) is 0. The van der Waals surface area contributed by atoms with Crippen molar-refractivity contribution >= 4 is 11.8 Å². The van der Waals surface area contributed by atoms with Crippen LogP contribution in [0.1, 0.15) is 33.6 Å². The van der Waals surface area contributed by atoms with Gasteiger partial charge in [0.2, 0.25) is 0 Å². The molecule has 2 aliphatic rings. The average molecular weight is 283 g/mol. The Hall–Kier alpha value is -2.49. The molecule has 0 atom stereocenters. The van der Waals surface area contributed by atoms with E-state index < -0.39 is 0 Å². The van der Waals surface area contributed by atoms with Gasteiger partial charge in [0.1, 0.15) is 5.82 Å². The molecule has 2 amide bonds. The third kappa shape index (κ3) is 2.70. The first kappa shape index (κ1) is 13.5. The molecule has 0 unspecified atom stereocenters. The lowest BCUT2D eigenvalue weighted by Gasteiger charge is -2.11. The molecule has 1 fully saturated rings. The molecule has 0 saturated heterocycles. The molecule has 2 aromatic carbocycles. The molecule has 106 valence electrons. The number of amides is 2. The second kappa shape index (κ2) is 5.48. The molecule has 0 aromatic heterocycles. The van der Waals surface area contributed by atoms with Gasteiger partial charge in [-0.3, -0.25) is 14.5 Å². The molecule has 1 heterocycles. The highest BCUT2D eigenvalue weighted by atomic mass is 19.1. The van der Waals surface area contributed by atoms with E-state index in [1.807, 2.05) is 0 Å². The van der Waals surface area contributed by atoms with Gasteiger partial charge in [-0.05, 0) is 37.1 Å². The van der Waals surface area contributed by atoms with Crippen LogP contribution in [0.15, 0.2) is 54.6 Å². The van der Waals surface area contributed by atoms with Crippen molar-refractivity contribution in [3.63, 3.8) is 0 Å². The summed E-state index contributed by atoms with van der Waals surface area (Å²) < 4.78 is 11.9. The summed E-state index contributed by atoms with van der Waals surface area (Å²) in [6.45, 7) is 0. The Labute approximate surface area is 122 Å². The number of rotatable bonds is 1. The number of carbonyl (C=O) groups excluding carboxylic acids is 2. The monoisotopic (exact) mass is 283 g/mol. The third-order valence-electron chi connectivity index (χ3n) is 3.47. The second-order valence-corrected chi connectivity index (χ2v) is 5.05. The van der Waals surface area contributed by atoms with Crippen LogP contribution in [-0.4, -0.2) is 22.8 Å². The smallest absolute Gasteiger partial charge is 0.261 e. The van der Waals surface area contributed by atoms with Gasteiger partial charge < -0.3 is 0 Å². The van der Waals surface area contributed by atoms with Gasteiger partial charge in [-0.25, -0.2) is 4.39 Å². The van der Waals surface area contributed by atoms with Gasteiger partial charge in [-0.2, -0.15) is 0 Å². The first-order valence-corrected chi connectivity index (χ1v) is 6.86. The largest absolute Gasteiger partial charge is 0.271 e. The van der Waals surface area contributed by atoms with Crippen LogP contribution >= 0.6 is 0 Å². The Morgan fingerprint density at radius 2 is 1.29 bits per heavy atom. The molecule has 0 N–H and O–H groups in total. The zero-order chi connectivity index (χ0) is 14.8. The molecule has 2 aromatic rings. The lowest BCUT2D eigenvalue weighted by molar-refractivity contribution is 0.0642. The highest BCUT2D eigenvalue weighted by molar-refractivity contribution is 6.21. The van der Waals surface area contributed by atoms with E-state index in [1.54, 1.807) is 42.5 Å². The van der Waals surface area contributed by atoms with Crippen LogP contribution < -0.4 is 0 Å². The minimum atomic E-state index is -0.178. The molecule has 21 heavy (non-hydrogen) atoms. The average Bonchev–Trinajstić information content (AvgIpc) is 3.30. The van der Waals surface area contributed by atoms with Crippen LogP contribution in [0, 0.1) is 5.82 Å². The summed E-state index contributed by atoms with van der Waals surface area (Å²) in [6.07, 6.45) is 1.93. The van der Waals surface area contributed by atoms with E-state index in [0.717, 1.165) is 12.8 Å². The van der Waals surface area contributed by atoms with E-state index in [0.29, 0.717) is 11.1 Å². The fourth-order valence-electron chi connectivity index (χ4n) is 2.29. The molecular weight excluding hydrogens is 269 g/mol. The summed E-state index contributed by atoms with van der Waals surface area (Å²) in [5.41, 5.74) is 1.12. The van der Waals surface area contributed by atoms with Crippen LogP contribution in [0.5, 0.6) is 0 Å². The van der Waals surface area contributed by atoms with Crippen molar-refractivity contribution in [2.75, 3.05) is 0 Å². The van der Waals surface area contributed by atoms with Crippen molar-refractivity contribution in [3.05, 3.63) is 71.5 Å². The Morgan fingerprint density at radius 1 is 0.810 bits per heavy atom. The van der Waals surface area contributed by atoms with Crippen LogP contribution in [0.25, 0.3) is 0 Å². The van der Waals surface area contributed by atoms with Crippen LogP contribution in [0.3, 0.4) is 0 Å². The fraction of sp³-hybridized carbons (Fsp3) is 0.176. The van der Waals surface area contributed by atoms with Gasteiger partial charge in [0.15, 0.2) is 0 Å². The number of hydrogen-bond donors (Lipinski definition) is 0. The number of halogens is 1. The Bertz CT molecular complexity index is 645. The van der Waals surface area contributed by atoms with E-state index >= 15 is 0 Å². The molecular formula is C17H14FNO2. The lowest BCUT2D eigenvalue weighted by Crippen LogP contribution is -2.31. The first-order chi connectivity index (χ1) is 10.2. The lowest BCUT2D eigenvalue weighted by atomic mass is 10.1. The Morgan fingerprint density at radius 3 is 1.67 bits per heavy atom. The maximum Gasteiger partial charge on any atom is 0.261 e. The van der Waals surface area contributed by atoms with Crippen LogP contribution in [0.4, 0.5) is 4.39 Å². The quantitative estimate of drug-likeness (QED) is 0.753. The molecule has 0 spiro atoms. The zero-order valence-corrected chi connectivity index (χ0v) is 11.3. The van der Waals surface area contributed by atoms with E-state index in [2.05, 4.69) is 0 Å². The van der Waals surface area contributed by atoms with E-state index in [1.165, 1.54) is 17.0 Å². The Balaban J connectivity index is 0.000000160. The first-order valence-electron chi connectivity index (χ1n) is 6.86. The normalized spacial score (nSPS) is 16.3. The van der Waals surface area contributed by atoms with Gasteiger partial charge in [0.05, 0.1) is 11.1 Å². The zero-order valence-electron chi connectivity index (χ0n) is 11.3. The molecule has 4 heteroatoms. The predicted octanol–water partition coefficient (Wildman–Crippen LogP) is 3.27. The number of benzene rings is 2. The molecule has 0 bridgehead atoms. The molecule has 1 saturated carbocycles. The molecule has 1 aliphatic carbocycles. The van der Waals surface area contributed by atoms with Gasteiger partial charge in [-0.1, -0.05) is 30.3 Å². The SMILES string of the molecule is Fc1ccccc1.O=C1c2ccccc2C(=O)N1C1CC1. The minimum Gasteiger partial charge on any atom is -0.271 e. The van der Waals surface area contributed by atoms with Crippen molar-refractivity contribution in [2.45, 2.75) is 18.9 Å². The van der Waals surface area contributed by atoms with Gasteiger partial charge >= 0.3 is 0 Å². The summed E-state index contributed by atoms with van der Waals surface area (Å²) >= 11 is 0. The molecule has 0 radical (unpaired) electrons. The predicted molar refractivity (Wildman–Crippen MR) is 76.4 cm³/mol. The number of nitrogens with zero attached hydrogens (tertiary/aromatic N) is 1. The van der Waals surface area contributed by atoms with Crippen molar-refractivity contribution in [1.29, 1.82) is 0 Å². The van der Waals surface area contributed by atoms with E-state index in [9.17, 15) is 14.0 Å². The third-order valence-corrected chi connectivity index (χ3v) is 3.47. The highest BCUT2D eigenvalue weighted by Crippen LogP contribution is 2.34. The van der Waals surface area contributed by atoms with Crippen LogP contribution in [-0.2, 0) is 0 Å². The van der Waals surface area contributed by atoms with E-state index in [4.69, 9.17) is 0 Å². The summed E-state index contributed by atoms with van der Waals surface area (Å²) in [5, 5.41) is 0. The number of hydrogen-bond acceptors (Lipinski definition) is 2. The van der Waals surface area contributed by atoms with Crippen molar-refractivity contribution in [3.8, 4) is 0 Å². The van der Waals surface area contributed by atoms with Crippen molar-refractivity contribution in [2.24, 2.45) is 0 Å². The topological polar surface area (TPSA) is 37.4 Å². The maximum atomic E-state index is 11.9. The summed E-state index contributed by atoms with van der Waals surface area (Å²) in [5.74, 6) is -0.413.